The van der Waals surface area contributed by atoms with Crippen molar-refractivity contribution in [2.24, 2.45) is 11.8 Å². The summed E-state index contributed by atoms with van der Waals surface area (Å²) in [5.41, 5.74) is 1.90. The summed E-state index contributed by atoms with van der Waals surface area (Å²) >= 11 is 0. The molecular weight excluding hydrogens is 263 g/mol. The van der Waals surface area contributed by atoms with E-state index in [1.807, 2.05) is 12.1 Å². The van der Waals surface area contributed by atoms with Gasteiger partial charge in [0.25, 0.3) is 0 Å². The molecule has 1 N–H and O–H groups in total. The number of nitrogens with zero attached hydrogens (tertiary/aromatic N) is 1. The van der Waals surface area contributed by atoms with Gasteiger partial charge in [0, 0.05) is 25.2 Å². The maximum atomic E-state index is 14.4. The fourth-order valence-electron chi connectivity index (χ4n) is 2.88. The van der Waals surface area contributed by atoms with Gasteiger partial charge in [-0.1, -0.05) is 26.0 Å². The van der Waals surface area contributed by atoms with Gasteiger partial charge in [-0.3, -0.25) is 0 Å². The molecule has 0 aromatic heterocycles. The summed E-state index contributed by atoms with van der Waals surface area (Å²) in [6.45, 7) is 13.6. The van der Waals surface area contributed by atoms with Crippen LogP contribution in [0.25, 0.3) is 0 Å². The minimum Gasteiger partial charge on any atom is -0.369 e. The lowest BCUT2D eigenvalue weighted by atomic mass is 9.88. The molecule has 3 heteroatoms. The van der Waals surface area contributed by atoms with Gasteiger partial charge in [-0.15, -0.1) is 0 Å². The fourth-order valence-corrected chi connectivity index (χ4v) is 2.88. The largest absolute Gasteiger partial charge is 0.369 e. The van der Waals surface area contributed by atoms with E-state index in [9.17, 15) is 4.39 Å². The molecule has 0 amide bonds. The quantitative estimate of drug-likeness (QED) is 0.898. The molecule has 1 aliphatic rings. The predicted molar refractivity (Wildman–Crippen MR) is 88.2 cm³/mol. The van der Waals surface area contributed by atoms with Crippen LogP contribution in [0.2, 0.25) is 0 Å². The van der Waals surface area contributed by atoms with Gasteiger partial charge in [0.2, 0.25) is 0 Å². The molecule has 1 aromatic rings. The van der Waals surface area contributed by atoms with E-state index in [1.54, 1.807) is 6.07 Å². The van der Waals surface area contributed by atoms with Crippen molar-refractivity contribution < 1.29 is 4.39 Å². The van der Waals surface area contributed by atoms with Crippen molar-refractivity contribution in [2.45, 2.75) is 53.1 Å². The molecule has 0 spiro atoms. The van der Waals surface area contributed by atoms with E-state index in [-0.39, 0.29) is 11.4 Å². The summed E-state index contributed by atoms with van der Waals surface area (Å²) in [6.07, 6.45) is 1.14. The molecule has 1 fully saturated rings. The average molecular weight is 292 g/mol. The molecule has 2 nitrogen and oxygen atoms in total. The number of hydrogen-bond donors (Lipinski definition) is 1. The topological polar surface area (TPSA) is 15.3 Å². The van der Waals surface area contributed by atoms with Crippen molar-refractivity contribution >= 4 is 5.69 Å². The Kier molecular flexibility index (Phi) is 4.92. The van der Waals surface area contributed by atoms with Crippen molar-refractivity contribution in [3.8, 4) is 0 Å². The van der Waals surface area contributed by atoms with E-state index in [2.05, 4.69) is 44.8 Å². The number of rotatable bonds is 3. The number of nitrogens with one attached hydrogen (secondary N) is 1. The van der Waals surface area contributed by atoms with Crippen molar-refractivity contribution in [3.63, 3.8) is 0 Å². The lowest BCUT2D eigenvalue weighted by Gasteiger charge is -2.38. The lowest BCUT2D eigenvalue weighted by Crippen LogP contribution is -2.40. The zero-order valence-corrected chi connectivity index (χ0v) is 14.0. The first-order chi connectivity index (χ1) is 9.78. The highest BCUT2D eigenvalue weighted by atomic mass is 19.1. The van der Waals surface area contributed by atoms with Crippen molar-refractivity contribution in [1.29, 1.82) is 0 Å². The van der Waals surface area contributed by atoms with E-state index < -0.39 is 0 Å². The third-order valence-electron chi connectivity index (χ3n) is 4.53. The van der Waals surface area contributed by atoms with E-state index in [0.29, 0.717) is 12.5 Å². The van der Waals surface area contributed by atoms with Crippen LogP contribution >= 0.6 is 0 Å². The second kappa shape index (κ2) is 6.35. The standard InChI is InChI=1S/C18H29FN2/c1-13-9-10-21(12-14(13)2)17-15(7-6-8-16(17)19)11-20-18(3,4)5/h6-8,13-14,20H,9-12H2,1-5H3. The van der Waals surface area contributed by atoms with Gasteiger partial charge in [0.15, 0.2) is 0 Å². The van der Waals surface area contributed by atoms with Gasteiger partial charge in [0.1, 0.15) is 5.82 Å². The second-order valence-corrected chi connectivity index (χ2v) is 7.54. The van der Waals surface area contributed by atoms with Crippen LogP contribution in [-0.2, 0) is 6.54 Å². The Morgan fingerprint density at radius 3 is 2.57 bits per heavy atom. The molecule has 0 aliphatic carbocycles. The molecule has 2 unspecified atom stereocenters. The molecule has 2 atom stereocenters. The molecule has 0 bridgehead atoms. The van der Waals surface area contributed by atoms with Gasteiger partial charge in [-0.05, 0) is 50.7 Å². The van der Waals surface area contributed by atoms with Gasteiger partial charge in [0.05, 0.1) is 5.69 Å². The Morgan fingerprint density at radius 1 is 1.24 bits per heavy atom. The second-order valence-electron chi connectivity index (χ2n) is 7.54. The number of piperidine rings is 1. The van der Waals surface area contributed by atoms with E-state index in [4.69, 9.17) is 0 Å². The molecule has 21 heavy (non-hydrogen) atoms. The lowest BCUT2D eigenvalue weighted by molar-refractivity contribution is 0.321. The third-order valence-corrected chi connectivity index (χ3v) is 4.53. The first kappa shape index (κ1) is 16.3. The Balaban J connectivity index is 2.21. The van der Waals surface area contributed by atoms with Crippen LogP contribution in [0.5, 0.6) is 0 Å². The van der Waals surface area contributed by atoms with Crippen molar-refractivity contribution in [3.05, 3.63) is 29.6 Å². The third kappa shape index (κ3) is 4.19. The summed E-state index contributed by atoms with van der Waals surface area (Å²) in [7, 11) is 0. The number of halogens is 1. The van der Waals surface area contributed by atoms with Crippen LogP contribution in [0.1, 0.15) is 46.6 Å². The number of para-hydroxylation sites is 1. The summed E-state index contributed by atoms with van der Waals surface area (Å²) in [5, 5.41) is 3.47. The first-order valence-corrected chi connectivity index (χ1v) is 8.05. The SMILES string of the molecule is CC1CCN(c2c(F)cccc2CNC(C)(C)C)CC1C. The Hall–Kier alpha value is -1.09. The minimum absolute atomic E-state index is 0.0350. The molecule has 1 aromatic carbocycles. The zero-order valence-electron chi connectivity index (χ0n) is 14.0. The molecule has 0 saturated carbocycles. The fraction of sp³-hybridized carbons (Fsp3) is 0.667. The van der Waals surface area contributed by atoms with E-state index >= 15 is 0 Å². The van der Waals surface area contributed by atoms with Crippen LogP contribution in [0.15, 0.2) is 18.2 Å². The molecule has 2 rings (SSSR count). The average Bonchev–Trinajstić information content (AvgIpc) is 2.39. The molecule has 1 aliphatic heterocycles. The summed E-state index contributed by atoms with van der Waals surface area (Å²) in [5.74, 6) is 1.25. The maximum absolute atomic E-state index is 14.4. The molecular formula is C18H29FN2. The highest BCUT2D eigenvalue weighted by molar-refractivity contribution is 5.55. The monoisotopic (exact) mass is 292 g/mol. The normalized spacial score (nSPS) is 23.4. The summed E-state index contributed by atoms with van der Waals surface area (Å²) in [4.78, 5) is 2.24. The first-order valence-electron chi connectivity index (χ1n) is 8.05. The highest BCUT2D eigenvalue weighted by Crippen LogP contribution is 2.31. The summed E-state index contributed by atoms with van der Waals surface area (Å²) < 4.78 is 14.4. The van der Waals surface area contributed by atoms with E-state index in [1.165, 1.54) is 0 Å². The van der Waals surface area contributed by atoms with Gasteiger partial charge < -0.3 is 10.2 Å². The van der Waals surface area contributed by atoms with Crippen LogP contribution in [0, 0.1) is 17.7 Å². The Morgan fingerprint density at radius 2 is 1.95 bits per heavy atom. The van der Waals surface area contributed by atoms with Gasteiger partial charge >= 0.3 is 0 Å². The van der Waals surface area contributed by atoms with Crippen molar-refractivity contribution in [1.82, 2.24) is 5.32 Å². The number of hydrogen-bond acceptors (Lipinski definition) is 2. The van der Waals surface area contributed by atoms with Crippen LogP contribution in [0.3, 0.4) is 0 Å². The highest BCUT2D eigenvalue weighted by Gasteiger charge is 2.26. The minimum atomic E-state index is -0.0926. The zero-order chi connectivity index (χ0) is 15.6. The molecule has 1 heterocycles. The van der Waals surface area contributed by atoms with Crippen LogP contribution < -0.4 is 10.2 Å². The number of benzene rings is 1. The Labute approximate surface area is 128 Å². The van der Waals surface area contributed by atoms with Crippen molar-refractivity contribution in [2.75, 3.05) is 18.0 Å². The molecule has 118 valence electrons. The predicted octanol–water partition coefficient (Wildman–Crippen LogP) is 4.20. The maximum Gasteiger partial charge on any atom is 0.146 e. The number of anilines is 1. The molecule has 1 saturated heterocycles. The van der Waals surface area contributed by atoms with Crippen LogP contribution in [0.4, 0.5) is 10.1 Å². The Bertz CT molecular complexity index is 479. The van der Waals surface area contributed by atoms with E-state index in [0.717, 1.165) is 36.7 Å². The van der Waals surface area contributed by atoms with Gasteiger partial charge in [-0.25, -0.2) is 4.39 Å². The van der Waals surface area contributed by atoms with Crippen LogP contribution in [-0.4, -0.2) is 18.6 Å². The van der Waals surface area contributed by atoms with Gasteiger partial charge in [-0.2, -0.15) is 0 Å². The molecule has 0 radical (unpaired) electrons. The smallest absolute Gasteiger partial charge is 0.146 e. The summed E-state index contributed by atoms with van der Waals surface area (Å²) in [6, 6.07) is 5.44.